The van der Waals surface area contributed by atoms with Gasteiger partial charge in [-0.3, -0.25) is 4.99 Å². The molecule has 1 aromatic rings. The molecule has 0 unspecified atom stereocenters. The first kappa shape index (κ1) is 9.78. The predicted molar refractivity (Wildman–Crippen MR) is 53.0 cm³/mol. The summed E-state index contributed by atoms with van der Waals surface area (Å²) in [4.78, 5) is 3.99. The highest BCUT2D eigenvalue weighted by Gasteiger charge is 2.09. The van der Waals surface area contributed by atoms with Gasteiger partial charge in [0, 0.05) is 0 Å². The molecule has 0 aromatic heterocycles. The first-order chi connectivity index (χ1) is 6.00. The Hall–Kier alpha value is -1.31. The zero-order valence-electron chi connectivity index (χ0n) is 8.24. The van der Waals surface area contributed by atoms with Crippen LogP contribution in [0, 0.1) is 5.41 Å². The van der Waals surface area contributed by atoms with Gasteiger partial charge >= 0.3 is 0 Å². The Balaban J connectivity index is 2.90. The van der Waals surface area contributed by atoms with Gasteiger partial charge in [0.05, 0.1) is 5.69 Å². The van der Waals surface area contributed by atoms with Gasteiger partial charge in [-0.2, -0.15) is 0 Å². The number of nitrogens with zero attached hydrogens (tertiary/aromatic N) is 1. The van der Waals surface area contributed by atoms with Crippen LogP contribution < -0.4 is 5.11 Å². The number of benzene rings is 1. The lowest BCUT2D eigenvalue weighted by molar-refractivity contribution is -0.228. The van der Waals surface area contributed by atoms with Gasteiger partial charge in [-0.05, 0) is 23.4 Å². The summed E-state index contributed by atoms with van der Waals surface area (Å²) in [6.45, 7) is 5.59. The summed E-state index contributed by atoms with van der Waals surface area (Å²) >= 11 is 0. The maximum atomic E-state index is 11.5. The van der Waals surface area contributed by atoms with Crippen LogP contribution >= 0.6 is 0 Å². The lowest BCUT2D eigenvalue weighted by atomic mass is 9.97. The molecule has 0 N–H and O–H groups in total. The fourth-order valence-corrected chi connectivity index (χ4v) is 0.787. The van der Waals surface area contributed by atoms with E-state index < -0.39 is 5.41 Å². The number of rotatable bonds is 1. The molecule has 0 fully saturated rings. The average molecular weight is 176 g/mol. The van der Waals surface area contributed by atoms with Crippen molar-refractivity contribution in [2.45, 2.75) is 20.8 Å². The molecule has 13 heavy (non-hydrogen) atoms. The van der Waals surface area contributed by atoms with Crippen LogP contribution in [0.25, 0.3) is 0 Å². The highest BCUT2D eigenvalue weighted by Crippen LogP contribution is 2.17. The van der Waals surface area contributed by atoms with E-state index in [-0.39, 0.29) is 5.90 Å². The molecule has 1 rings (SSSR count). The zero-order valence-corrected chi connectivity index (χ0v) is 8.24. The van der Waals surface area contributed by atoms with Crippen molar-refractivity contribution in [2.75, 3.05) is 0 Å². The molecule has 0 amide bonds. The molecule has 2 nitrogen and oxygen atoms in total. The molecule has 1 aromatic carbocycles. The van der Waals surface area contributed by atoms with Crippen molar-refractivity contribution in [1.82, 2.24) is 0 Å². The maximum absolute atomic E-state index is 11.5. The van der Waals surface area contributed by atoms with E-state index in [0.717, 1.165) is 5.69 Å². The summed E-state index contributed by atoms with van der Waals surface area (Å²) < 4.78 is 0. The van der Waals surface area contributed by atoms with E-state index in [0.29, 0.717) is 0 Å². The normalized spacial score (nSPS) is 13.0. The SMILES string of the molecule is CC(C)(C)C([O-])=Nc1ccccc1. The third-order valence-corrected chi connectivity index (χ3v) is 1.63. The van der Waals surface area contributed by atoms with Gasteiger partial charge in [-0.25, -0.2) is 0 Å². The Morgan fingerprint density at radius 3 is 2.15 bits per heavy atom. The lowest BCUT2D eigenvalue weighted by Crippen LogP contribution is -2.32. The van der Waals surface area contributed by atoms with E-state index in [1.807, 2.05) is 51.1 Å². The van der Waals surface area contributed by atoms with Gasteiger partial charge in [-0.1, -0.05) is 39.0 Å². The second-order valence-corrected chi connectivity index (χ2v) is 4.00. The van der Waals surface area contributed by atoms with Crippen LogP contribution in [0.3, 0.4) is 0 Å². The van der Waals surface area contributed by atoms with Gasteiger partial charge in [0.2, 0.25) is 0 Å². The van der Waals surface area contributed by atoms with Gasteiger partial charge in [0.15, 0.2) is 0 Å². The van der Waals surface area contributed by atoms with Crippen LogP contribution in [0.4, 0.5) is 5.69 Å². The summed E-state index contributed by atoms with van der Waals surface area (Å²) in [7, 11) is 0. The van der Waals surface area contributed by atoms with Crippen molar-refractivity contribution in [3.05, 3.63) is 30.3 Å². The number of para-hydroxylation sites is 1. The highest BCUT2D eigenvalue weighted by molar-refractivity contribution is 5.80. The molecule has 0 heterocycles. The standard InChI is InChI=1S/C11H15NO/c1-11(2,3)10(13)12-9-7-5-4-6-8-9/h4-8H,1-3H3,(H,12,13)/p-1. The molecule has 0 spiro atoms. The summed E-state index contributed by atoms with van der Waals surface area (Å²) in [6, 6.07) is 9.29. The minimum absolute atomic E-state index is 0.0845. The largest absolute Gasteiger partial charge is 0.861 e. The highest BCUT2D eigenvalue weighted by atomic mass is 16.3. The number of aliphatic imine (C=N–C) groups is 1. The molecule has 0 saturated carbocycles. The first-order valence-corrected chi connectivity index (χ1v) is 4.31. The Bertz CT molecular complexity index is 296. The number of hydrogen-bond donors (Lipinski definition) is 0. The average Bonchev–Trinajstić information content (AvgIpc) is 2.04. The molecule has 70 valence electrons. The predicted octanol–water partition coefficient (Wildman–Crippen LogP) is 2.12. The molecule has 2 heteroatoms. The minimum Gasteiger partial charge on any atom is -0.861 e. The van der Waals surface area contributed by atoms with E-state index >= 15 is 0 Å². The van der Waals surface area contributed by atoms with Gasteiger partial charge < -0.3 is 5.11 Å². The van der Waals surface area contributed by atoms with Crippen LogP contribution in [-0.4, -0.2) is 5.90 Å². The van der Waals surface area contributed by atoms with Crippen LogP contribution in [0.15, 0.2) is 35.3 Å². The Kier molecular flexibility index (Phi) is 2.71. The second kappa shape index (κ2) is 3.60. The van der Waals surface area contributed by atoms with Crippen molar-refractivity contribution < 1.29 is 5.11 Å². The van der Waals surface area contributed by atoms with Crippen LogP contribution in [0.1, 0.15) is 20.8 Å². The van der Waals surface area contributed by atoms with Gasteiger partial charge in [0.25, 0.3) is 0 Å². The van der Waals surface area contributed by atoms with Crippen LogP contribution in [-0.2, 0) is 0 Å². The second-order valence-electron chi connectivity index (χ2n) is 4.00. The molecule has 0 aliphatic rings. The van der Waals surface area contributed by atoms with Crippen molar-refractivity contribution in [3.63, 3.8) is 0 Å². The van der Waals surface area contributed by atoms with Crippen molar-refractivity contribution in [2.24, 2.45) is 10.4 Å². The Morgan fingerprint density at radius 2 is 1.69 bits per heavy atom. The minimum atomic E-state index is -0.393. The fourth-order valence-electron chi connectivity index (χ4n) is 0.787. The first-order valence-electron chi connectivity index (χ1n) is 4.31. The van der Waals surface area contributed by atoms with E-state index in [4.69, 9.17) is 0 Å². The zero-order chi connectivity index (χ0) is 9.90. The van der Waals surface area contributed by atoms with Crippen LogP contribution in [0.5, 0.6) is 0 Å². The third kappa shape index (κ3) is 2.90. The Labute approximate surface area is 78.9 Å². The molecule has 0 atom stereocenters. The molecule has 0 saturated heterocycles. The summed E-state index contributed by atoms with van der Waals surface area (Å²) in [6.07, 6.45) is 0. The van der Waals surface area contributed by atoms with E-state index in [1.165, 1.54) is 0 Å². The molecular weight excluding hydrogens is 162 g/mol. The molecule has 0 aliphatic heterocycles. The number of hydrogen-bond acceptors (Lipinski definition) is 2. The van der Waals surface area contributed by atoms with E-state index in [2.05, 4.69) is 4.99 Å². The maximum Gasteiger partial charge on any atom is 0.0618 e. The smallest absolute Gasteiger partial charge is 0.0618 e. The topological polar surface area (TPSA) is 35.4 Å². The molecular formula is C11H14NO-. The summed E-state index contributed by atoms with van der Waals surface area (Å²) in [5, 5.41) is 11.5. The van der Waals surface area contributed by atoms with Crippen LogP contribution in [0.2, 0.25) is 0 Å². The summed E-state index contributed by atoms with van der Waals surface area (Å²) in [5.41, 5.74) is 0.331. The lowest BCUT2D eigenvalue weighted by Gasteiger charge is -2.25. The van der Waals surface area contributed by atoms with Gasteiger partial charge in [0.1, 0.15) is 0 Å². The molecule has 0 aliphatic carbocycles. The van der Waals surface area contributed by atoms with E-state index in [9.17, 15) is 5.11 Å². The van der Waals surface area contributed by atoms with Crippen molar-refractivity contribution >= 4 is 11.6 Å². The summed E-state index contributed by atoms with van der Waals surface area (Å²) in [5.74, 6) is -0.0845. The van der Waals surface area contributed by atoms with Crippen molar-refractivity contribution in [1.29, 1.82) is 0 Å². The Morgan fingerprint density at radius 1 is 1.15 bits per heavy atom. The monoisotopic (exact) mass is 176 g/mol. The van der Waals surface area contributed by atoms with Crippen molar-refractivity contribution in [3.8, 4) is 0 Å². The fraction of sp³-hybridized carbons (Fsp3) is 0.364. The quantitative estimate of drug-likeness (QED) is 0.477. The van der Waals surface area contributed by atoms with Gasteiger partial charge in [-0.15, -0.1) is 0 Å². The van der Waals surface area contributed by atoms with E-state index in [1.54, 1.807) is 0 Å². The molecule has 0 bridgehead atoms. The third-order valence-electron chi connectivity index (χ3n) is 1.63. The molecule has 0 radical (unpaired) electrons.